The van der Waals surface area contributed by atoms with Gasteiger partial charge in [-0.25, -0.2) is 4.98 Å². The summed E-state index contributed by atoms with van der Waals surface area (Å²) in [5.41, 5.74) is 5.24. The molecule has 0 saturated carbocycles. The highest BCUT2D eigenvalue weighted by molar-refractivity contribution is 5.77. The van der Waals surface area contributed by atoms with E-state index >= 15 is 0 Å². The molecule has 1 amide bonds. The van der Waals surface area contributed by atoms with Crippen LogP contribution < -0.4 is 11.1 Å². The van der Waals surface area contributed by atoms with E-state index in [9.17, 15) is 4.79 Å². The largest absolute Gasteiger partial charge is 0.346 e. The molecule has 1 heterocycles. The molecule has 1 aromatic heterocycles. The van der Waals surface area contributed by atoms with E-state index in [1.165, 1.54) is 6.33 Å². The molecule has 4 N–H and O–H groups in total. The zero-order valence-electron chi connectivity index (χ0n) is 9.24. The molecule has 0 aliphatic heterocycles. The number of nitrogens with zero attached hydrogens (tertiary/aromatic N) is 2. The summed E-state index contributed by atoms with van der Waals surface area (Å²) in [7, 11) is 0. The van der Waals surface area contributed by atoms with Crippen molar-refractivity contribution < 1.29 is 4.79 Å². The number of hydrogen-bond acceptors (Lipinski definition) is 4. The van der Waals surface area contributed by atoms with Gasteiger partial charge in [-0.1, -0.05) is 0 Å². The van der Waals surface area contributed by atoms with Crippen LogP contribution in [0.5, 0.6) is 0 Å². The smallest absolute Gasteiger partial charge is 0.222 e. The predicted molar refractivity (Wildman–Crippen MR) is 55.8 cm³/mol. The number of nitrogens with two attached hydrogens (primary N) is 1. The number of carbonyl (C=O) groups is 1. The maximum absolute atomic E-state index is 11.5. The van der Waals surface area contributed by atoms with Gasteiger partial charge in [-0.15, -0.1) is 0 Å². The normalized spacial score (nSPS) is 13.6. The van der Waals surface area contributed by atoms with Gasteiger partial charge in [0, 0.05) is 12.0 Å². The highest BCUT2D eigenvalue weighted by Crippen LogP contribution is 2.07. The van der Waals surface area contributed by atoms with Crippen molar-refractivity contribution in [3.05, 3.63) is 12.2 Å². The Labute approximate surface area is 88.7 Å². The minimum absolute atomic E-state index is 0.0913. The molecule has 1 unspecified atom stereocenters. The number of aromatic nitrogens is 3. The van der Waals surface area contributed by atoms with E-state index in [2.05, 4.69) is 20.5 Å². The predicted octanol–water partition coefficient (Wildman–Crippen LogP) is 0.109. The minimum Gasteiger partial charge on any atom is -0.346 e. The highest BCUT2D eigenvalue weighted by Gasteiger charge is 2.18. The number of nitrogens with one attached hydrogen (secondary N) is 2. The molecule has 0 aliphatic carbocycles. The van der Waals surface area contributed by atoms with E-state index in [-0.39, 0.29) is 18.4 Å². The second-order valence-electron chi connectivity index (χ2n) is 4.33. The molecule has 0 radical (unpaired) electrons. The van der Waals surface area contributed by atoms with Crippen LogP contribution in [-0.2, 0) is 4.79 Å². The number of aromatic amines is 1. The third kappa shape index (κ3) is 4.07. The summed E-state index contributed by atoms with van der Waals surface area (Å²) in [6.45, 7) is 5.46. The molecule has 84 valence electrons. The Morgan fingerprint density at radius 1 is 1.73 bits per heavy atom. The van der Waals surface area contributed by atoms with Crippen LogP contribution in [0.2, 0.25) is 0 Å². The van der Waals surface area contributed by atoms with Crippen molar-refractivity contribution in [3.63, 3.8) is 0 Å². The summed E-state index contributed by atoms with van der Waals surface area (Å²) < 4.78 is 0. The quantitative estimate of drug-likeness (QED) is 0.658. The molecule has 0 fully saturated rings. The summed E-state index contributed by atoms with van der Waals surface area (Å²) >= 11 is 0. The Balaban J connectivity index is 2.45. The average Bonchev–Trinajstić information content (AvgIpc) is 2.50. The van der Waals surface area contributed by atoms with Crippen LogP contribution in [0.4, 0.5) is 0 Å². The minimum atomic E-state index is -0.495. The monoisotopic (exact) mass is 211 g/mol. The third-order valence-electron chi connectivity index (χ3n) is 1.84. The SMILES string of the molecule is CC(NC(=O)CC(C)(C)N)c1ncn[nH]1. The van der Waals surface area contributed by atoms with Crippen LogP contribution in [0.3, 0.4) is 0 Å². The Kier molecular flexibility index (Phi) is 3.41. The molecule has 15 heavy (non-hydrogen) atoms. The first-order chi connectivity index (χ1) is 6.88. The Morgan fingerprint density at radius 2 is 2.40 bits per heavy atom. The van der Waals surface area contributed by atoms with Crippen molar-refractivity contribution >= 4 is 5.91 Å². The molecule has 0 spiro atoms. The zero-order chi connectivity index (χ0) is 11.5. The first kappa shape index (κ1) is 11.6. The van der Waals surface area contributed by atoms with Crippen LogP contribution in [0.1, 0.15) is 39.1 Å². The van der Waals surface area contributed by atoms with Crippen LogP contribution in [-0.4, -0.2) is 26.6 Å². The molecule has 0 saturated heterocycles. The van der Waals surface area contributed by atoms with Gasteiger partial charge in [0.2, 0.25) is 5.91 Å². The summed E-state index contributed by atoms with van der Waals surface area (Å²) in [6, 6.07) is -0.178. The lowest BCUT2D eigenvalue weighted by Gasteiger charge is -2.19. The maximum Gasteiger partial charge on any atom is 0.222 e. The summed E-state index contributed by atoms with van der Waals surface area (Å²) in [4.78, 5) is 15.5. The molecule has 1 atom stereocenters. The third-order valence-corrected chi connectivity index (χ3v) is 1.84. The first-order valence-corrected chi connectivity index (χ1v) is 4.82. The maximum atomic E-state index is 11.5. The average molecular weight is 211 g/mol. The molecular weight excluding hydrogens is 194 g/mol. The van der Waals surface area contributed by atoms with Gasteiger partial charge in [-0.3, -0.25) is 9.89 Å². The van der Waals surface area contributed by atoms with Crippen LogP contribution in [0, 0.1) is 0 Å². The van der Waals surface area contributed by atoms with Gasteiger partial charge in [-0.05, 0) is 20.8 Å². The summed E-state index contributed by atoms with van der Waals surface area (Å²) in [6.07, 6.45) is 1.69. The van der Waals surface area contributed by atoms with Gasteiger partial charge >= 0.3 is 0 Å². The van der Waals surface area contributed by atoms with E-state index in [4.69, 9.17) is 5.73 Å². The van der Waals surface area contributed by atoms with Gasteiger partial charge < -0.3 is 11.1 Å². The number of amides is 1. The van der Waals surface area contributed by atoms with Crippen molar-refractivity contribution in [1.82, 2.24) is 20.5 Å². The van der Waals surface area contributed by atoms with Crippen molar-refractivity contribution in [1.29, 1.82) is 0 Å². The highest BCUT2D eigenvalue weighted by atomic mass is 16.1. The number of rotatable bonds is 4. The fourth-order valence-electron chi connectivity index (χ4n) is 1.20. The molecule has 6 heteroatoms. The van der Waals surface area contributed by atoms with Gasteiger partial charge in [-0.2, -0.15) is 5.10 Å². The van der Waals surface area contributed by atoms with Gasteiger partial charge in [0.25, 0.3) is 0 Å². The zero-order valence-corrected chi connectivity index (χ0v) is 9.24. The molecule has 0 aliphatic rings. The molecule has 6 nitrogen and oxygen atoms in total. The van der Waals surface area contributed by atoms with Gasteiger partial charge in [0.1, 0.15) is 12.2 Å². The number of hydrogen-bond donors (Lipinski definition) is 3. The lowest BCUT2D eigenvalue weighted by Crippen LogP contribution is -2.39. The molecule has 0 bridgehead atoms. The van der Waals surface area contributed by atoms with Crippen molar-refractivity contribution in [3.8, 4) is 0 Å². The van der Waals surface area contributed by atoms with Gasteiger partial charge in [0.05, 0.1) is 6.04 Å². The van der Waals surface area contributed by atoms with E-state index in [0.29, 0.717) is 5.82 Å². The first-order valence-electron chi connectivity index (χ1n) is 4.82. The lowest BCUT2D eigenvalue weighted by atomic mass is 10.0. The van der Waals surface area contributed by atoms with Crippen molar-refractivity contribution in [2.24, 2.45) is 5.73 Å². The molecule has 0 aromatic carbocycles. The van der Waals surface area contributed by atoms with Crippen LogP contribution in [0.15, 0.2) is 6.33 Å². The van der Waals surface area contributed by atoms with Crippen LogP contribution in [0.25, 0.3) is 0 Å². The van der Waals surface area contributed by atoms with Crippen molar-refractivity contribution in [2.45, 2.75) is 38.8 Å². The second kappa shape index (κ2) is 4.39. The van der Waals surface area contributed by atoms with E-state index in [1.54, 1.807) is 0 Å². The van der Waals surface area contributed by atoms with E-state index in [0.717, 1.165) is 0 Å². The van der Waals surface area contributed by atoms with Crippen LogP contribution >= 0.6 is 0 Å². The molecule has 1 rings (SSSR count). The summed E-state index contributed by atoms with van der Waals surface area (Å²) in [5.74, 6) is 0.546. The van der Waals surface area contributed by atoms with E-state index in [1.807, 2.05) is 20.8 Å². The molecular formula is C9H17N5O. The Morgan fingerprint density at radius 3 is 2.87 bits per heavy atom. The number of carbonyl (C=O) groups excluding carboxylic acids is 1. The Hall–Kier alpha value is -1.43. The second-order valence-corrected chi connectivity index (χ2v) is 4.33. The van der Waals surface area contributed by atoms with Crippen molar-refractivity contribution in [2.75, 3.05) is 0 Å². The fourth-order valence-corrected chi connectivity index (χ4v) is 1.20. The standard InChI is InChI=1S/C9H17N5O/c1-6(8-11-5-12-14-8)13-7(15)4-9(2,3)10/h5-6H,4,10H2,1-3H3,(H,13,15)(H,11,12,14). The summed E-state index contributed by atoms with van der Waals surface area (Å²) in [5, 5.41) is 9.20. The number of H-pyrrole nitrogens is 1. The topological polar surface area (TPSA) is 96.7 Å². The molecule has 1 aromatic rings. The Bertz CT molecular complexity index is 314. The van der Waals surface area contributed by atoms with E-state index < -0.39 is 5.54 Å². The lowest BCUT2D eigenvalue weighted by molar-refractivity contribution is -0.122. The van der Waals surface area contributed by atoms with Gasteiger partial charge in [0.15, 0.2) is 0 Å². The fraction of sp³-hybridized carbons (Fsp3) is 0.667.